The van der Waals surface area contributed by atoms with Gasteiger partial charge in [0.15, 0.2) is 11.5 Å². The first-order valence-corrected chi connectivity index (χ1v) is 10.4. The second-order valence-corrected chi connectivity index (χ2v) is 8.25. The van der Waals surface area contributed by atoms with Gasteiger partial charge in [-0.2, -0.15) is 0 Å². The first-order chi connectivity index (χ1) is 13.9. The third-order valence-corrected chi connectivity index (χ3v) is 6.37. The van der Waals surface area contributed by atoms with E-state index in [2.05, 4.69) is 27.8 Å². The maximum atomic E-state index is 13.2. The largest absolute Gasteiger partial charge is 0.493 e. The molecule has 2 aliphatic rings. The fourth-order valence-corrected chi connectivity index (χ4v) is 4.59. The highest BCUT2D eigenvalue weighted by Gasteiger charge is 2.45. The molecular formula is C22H23BrN2O4. The van der Waals surface area contributed by atoms with Crippen LogP contribution in [-0.2, 0) is 16.0 Å². The van der Waals surface area contributed by atoms with Crippen LogP contribution in [-0.4, -0.2) is 43.5 Å². The quantitative estimate of drug-likeness (QED) is 0.653. The minimum Gasteiger partial charge on any atom is -0.493 e. The summed E-state index contributed by atoms with van der Waals surface area (Å²) >= 11 is 3.39. The summed E-state index contributed by atoms with van der Waals surface area (Å²) in [5, 5.41) is 0. The molecule has 2 amide bonds. The number of hydrogen-bond donors (Lipinski definition) is 0. The summed E-state index contributed by atoms with van der Waals surface area (Å²) in [4.78, 5) is 29.3. The second kappa shape index (κ2) is 7.80. The van der Waals surface area contributed by atoms with Crippen molar-refractivity contribution in [1.82, 2.24) is 4.90 Å². The van der Waals surface area contributed by atoms with Gasteiger partial charge in [-0.05, 0) is 60.9 Å². The van der Waals surface area contributed by atoms with E-state index in [0.717, 1.165) is 16.5 Å². The zero-order valence-electron chi connectivity index (χ0n) is 16.6. The van der Waals surface area contributed by atoms with E-state index in [0.29, 0.717) is 23.7 Å². The molecule has 152 valence electrons. The maximum Gasteiger partial charge on any atom is 0.251 e. The molecule has 4 rings (SSSR count). The van der Waals surface area contributed by atoms with Crippen LogP contribution in [0.2, 0.25) is 0 Å². The summed E-state index contributed by atoms with van der Waals surface area (Å²) in [5.41, 5.74) is 2.91. The molecule has 2 aromatic carbocycles. The molecule has 1 saturated heterocycles. The molecule has 2 atom stereocenters. The molecule has 0 aliphatic carbocycles. The topological polar surface area (TPSA) is 59.1 Å². The van der Waals surface area contributed by atoms with Crippen molar-refractivity contribution in [3.05, 3.63) is 52.0 Å². The number of hydrogen-bond acceptors (Lipinski definition) is 5. The molecule has 0 aromatic heterocycles. The van der Waals surface area contributed by atoms with Crippen molar-refractivity contribution in [2.45, 2.75) is 31.8 Å². The standard InChI is InChI=1S/C22H23BrN2O4/c1-13-17-11-20(29-3)19(28-2)10-14(17)8-9-24(13)18-12-21(26)25(22(18)27)16-6-4-15(23)5-7-16/h4-7,10-11,13,18H,8-9,12H2,1-3H3/t13-,18+/m0/s1. The average molecular weight is 459 g/mol. The molecule has 7 heteroatoms. The van der Waals surface area contributed by atoms with E-state index in [1.165, 1.54) is 10.5 Å². The number of amides is 2. The van der Waals surface area contributed by atoms with Gasteiger partial charge in [0.2, 0.25) is 5.91 Å². The number of carbonyl (C=O) groups excluding carboxylic acids is 2. The Labute approximate surface area is 178 Å². The highest BCUT2D eigenvalue weighted by Crippen LogP contribution is 2.40. The highest BCUT2D eigenvalue weighted by molar-refractivity contribution is 9.10. The van der Waals surface area contributed by atoms with Crippen LogP contribution in [0.5, 0.6) is 11.5 Å². The van der Waals surface area contributed by atoms with Crippen molar-refractivity contribution in [2.24, 2.45) is 0 Å². The van der Waals surface area contributed by atoms with Gasteiger partial charge in [0.1, 0.15) is 0 Å². The molecule has 1 fully saturated rings. The lowest BCUT2D eigenvalue weighted by Gasteiger charge is -2.38. The van der Waals surface area contributed by atoms with Crippen molar-refractivity contribution < 1.29 is 19.1 Å². The Balaban J connectivity index is 1.62. The van der Waals surface area contributed by atoms with Crippen LogP contribution in [0.25, 0.3) is 0 Å². The number of anilines is 1. The third kappa shape index (κ3) is 3.42. The van der Waals surface area contributed by atoms with Gasteiger partial charge < -0.3 is 9.47 Å². The number of methoxy groups -OCH3 is 2. The van der Waals surface area contributed by atoms with E-state index >= 15 is 0 Å². The van der Waals surface area contributed by atoms with Gasteiger partial charge in [0.25, 0.3) is 5.91 Å². The highest BCUT2D eigenvalue weighted by atomic mass is 79.9. The zero-order valence-corrected chi connectivity index (χ0v) is 18.2. The monoisotopic (exact) mass is 458 g/mol. The molecule has 0 spiro atoms. The Morgan fingerprint density at radius 1 is 1.03 bits per heavy atom. The first kappa shape index (κ1) is 19.9. The minimum absolute atomic E-state index is 0.00910. The lowest BCUT2D eigenvalue weighted by Crippen LogP contribution is -2.46. The Hall–Kier alpha value is -2.38. The van der Waals surface area contributed by atoms with Gasteiger partial charge in [-0.3, -0.25) is 14.5 Å². The summed E-state index contributed by atoms with van der Waals surface area (Å²) in [6, 6.07) is 10.8. The molecule has 0 saturated carbocycles. The van der Waals surface area contributed by atoms with E-state index in [1.54, 1.807) is 26.4 Å². The molecular weight excluding hydrogens is 436 g/mol. The molecule has 2 aromatic rings. The van der Waals surface area contributed by atoms with Gasteiger partial charge in [0.05, 0.1) is 32.4 Å². The van der Waals surface area contributed by atoms with E-state index in [-0.39, 0.29) is 24.3 Å². The van der Waals surface area contributed by atoms with E-state index < -0.39 is 6.04 Å². The number of nitrogens with zero attached hydrogens (tertiary/aromatic N) is 2. The van der Waals surface area contributed by atoms with Crippen LogP contribution in [0.3, 0.4) is 0 Å². The van der Waals surface area contributed by atoms with Crippen molar-refractivity contribution in [2.75, 3.05) is 25.7 Å². The summed E-state index contributed by atoms with van der Waals surface area (Å²) < 4.78 is 11.8. The lowest BCUT2D eigenvalue weighted by atomic mass is 9.91. The van der Waals surface area contributed by atoms with Crippen LogP contribution in [0, 0.1) is 0 Å². The number of halogens is 1. The number of fused-ring (bicyclic) bond motifs is 1. The fourth-order valence-electron chi connectivity index (χ4n) is 4.33. The molecule has 0 radical (unpaired) electrons. The predicted molar refractivity (Wildman–Crippen MR) is 113 cm³/mol. The summed E-state index contributed by atoms with van der Waals surface area (Å²) in [6.45, 7) is 2.78. The number of benzene rings is 2. The first-order valence-electron chi connectivity index (χ1n) is 9.57. The van der Waals surface area contributed by atoms with E-state index in [4.69, 9.17) is 9.47 Å². The molecule has 0 N–H and O–H groups in total. The molecule has 0 bridgehead atoms. The summed E-state index contributed by atoms with van der Waals surface area (Å²) in [6.07, 6.45) is 0.984. The van der Waals surface area contributed by atoms with Crippen LogP contribution < -0.4 is 14.4 Å². The maximum absolute atomic E-state index is 13.2. The van der Waals surface area contributed by atoms with Crippen molar-refractivity contribution >= 4 is 33.4 Å². The molecule has 0 unspecified atom stereocenters. The molecule has 29 heavy (non-hydrogen) atoms. The number of imide groups is 1. The second-order valence-electron chi connectivity index (χ2n) is 7.33. The van der Waals surface area contributed by atoms with Gasteiger partial charge in [-0.1, -0.05) is 15.9 Å². The Bertz CT molecular complexity index is 960. The predicted octanol–water partition coefficient (Wildman–Crippen LogP) is 3.72. The van der Waals surface area contributed by atoms with Crippen LogP contribution >= 0.6 is 15.9 Å². The van der Waals surface area contributed by atoms with E-state index in [1.807, 2.05) is 24.3 Å². The van der Waals surface area contributed by atoms with Crippen molar-refractivity contribution in [3.63, 3.8) is 0 Å². The lowest BCUT2D eigenvalue weighted by molar-refractivity contribution is -0.123. The summed E-state index contributed by atoms with van der Waals surface area (Å²) in [7, 11) is 3.24. The number of carbonyl (C=O) groups is 2. The smallest absolute Gasteiger partial charge is 0.251 e. The van der Waals surface area contributed by atoms with Crippen LogP contribution in [0.4, 0.5) is 5.69 Å². The van der Waals surface area contributed by atoms with E-state index in [9.17, 15) is 9.59 Å². The Kier molecular flexibility index (Phi) is 5.36. The Morgan fingerprint density at radius 2 is 1.69 bits per heavy atom. The van der Waals surface area contributed by atoms with Crippen molar-refractivity contribution in [3.8, 4) is 11.5 Å². The summed E-state index contributed by atoms with van der Waals surface area (Å²) in [5.74, 6) is 1.06. The fraction of sp³-hybridized carbons (Fsp3) is 0.364. The SMILES string of the molecule is COc1cc2c(cc1OC)[C@H](C)N([C@@H]1CC(=O)N(c3ccc(Br)cc3)C1=O)CC2. The average Bonchev–Trinajstić information content (AvgIpc) is 3.02. The zero-order chi connectivity index (χ0) is 20.7. The normalized spacial score (nSPS) is 22.0. The number of rotatable bonds is 4. The molecule has 2 aliphatic heterocycles. The molecule has 2 heterocycles. The molecule has 6 nitrogen and oxygen atoms in total. The van der Waals surface area contributed by atoms with Gasteiger partial charge >= 0.3 is 0 Å². The van der Waals surface area contributed by atoms with Gasteiger partial charge in [-0.25, -0.2) is 4.90 Å². The van der Waals surface area contributed by atoms with Gasteiger partial charge in [0, 0.05) is 17.1 Å². The van der Waals surface area contributed by atoms with Crippen LogP contribution in [0.15, 0.2) is 40.9 Å². The third-order valence-electron chi connectivity index (χ3n) is 5.84. The number of ether oxygens (including phenoxy) is 2. The van der Waals surface area contributed by atoms with Crippen LogP contribution in [0.1, 0.15) is 30.5 Å². The Morgan fingerprint density at radius 3 is 2.34 bits per heavy atom. The minimum atomic E-state index is -0.456. The van der Waals surface area contributed by atoms with Crippen molar-refractivity contribution in [1.29, 1.82) is 0 Å². The van der Waals surface area contributed by atoms with Gasteiger partial charge in [-0.15, -0.1) is 0 Å².